The van der Waals surface area contributed by atoms with E-state index in [2.05, 4.69) is 18.5 Å². The number of benzene rings is 1. The van der Waals surface area contributed by atoms with Crippen molar-refractivity contribution in [2.45, 2.75) is 45.1 Å². The highest BCUT2D eigenvalue weighted by Crippen LogP contribution is 2.07. The maximum absolute atomic E-state index is 12.8. The molecule has 0 aliphatic carbocycles. The Morgan fingerprint density at radius 1 is 1.11 bits per heavy atom. The second kappa shape index (κ2) is 10.3. The first-order valence-electron chi connectivity index (χ1n) is 7.19. The molecule has 1 N–H and O–H groups in total. The standard InChI is InChI=1S/C16H26FNS/c1-14(13-15-7-9-16(17)10-8-15)18-11-5-3-4-6-12-19-2/h7-10,14,18H,3-6,11-13H2,1-2H3. The smallest absolute Gasteiger partial charge is 0.123 e. The van der Waals surface area contributed by atoms with Crippen LogP contribution in [-0.2, 0) is 6.42 Å². The van der Waals surface area contributed by atoms with Crippen molar-refractivity contribution in [1.29, 1.82) is 0 Å². The van der Waals surface area contributed by atoms with Crippen LogP contribution in [0.3, 0.4) is 0 Å². The fourth-order valence-corrected chi connectivity index (χ4v) is 2.61. The Bertz CT molecular complexity index is 326. The predicted molar refractivity (Wildman–Crippen MR) is 84.4 cm³/mol. The molecular weight excluding hydrogens is 257 g/mol. The minimum absolute atomic E-state index is 0.158. The normalized spacial score (nSPS) is 12.6. The number of rotatable bonds is 10. The van der Waals surface area contributed by atoms with Gasteiger partial charge < -0.3 is 5.32 Å². The Balaban J connectivity index is 2.04. The van der Waals surface area contributed by atoms with Crippen molar-refractivity contribution in [2.24, 2.45) is 0 Å². The molecule has 1 aromatic rings. The van der Waals surface area contributed by atoms with Crippen LogP contribution in [0.5, 0.6) is 0 Å². The molecule has 0 saturated carbocycles. The molecule has 0 aliphatic rings. The average molecular weight is 283 g/mol. The van der Waals surface area contributed by atoms with Crippen molar-refractivity contribution >= 4 is 11.8 Å². The fourth-order valence-electron chi connectivity index (χ4n) is 2.12. The van der Waals surface area contributed by atoms with E-state index in [0.29, 0.717) is 6.04 Å². The van der Waals surface area contributed by atoms with E-state index in [1.54, 1.807) is 0 Å². The van der Waals surface area contributed by atoms with Crippen LogP contribution in [0.4, 0.5) is 4.39 Å². The molecule has 0 spiro atoms. The second-order valence-electron chi connectivity index (χ2n) is 5.09. The lowest BCUT2D eigenvalue weighted by atomic mass is 10.1. The van der Waals surface area contributed by atoms with Crippen LogP contribution in [0.25, 0.3) is 0 Å². The molecule has 1 atom stereocenters. The van der Waals surface area contributed by atoms with Gasteiger partial charge in [-0.3, -0.25) is 0 Å². The van der Waals surface area contributed by atoms with E-state index in [1.165, 1.54) is 49.1 Å². The Morgan fingerprint density at radius 3 is 2.47 bits per heavy atom. The van der Waals surface area contributed by atoms with E-state index in [1.807, 2.05) is 23.9 Å². The highest BCUT2D eigenvalue weighted by Gasteiger charge is 2.02. The third-order valence-electron chi connectivity index (χ3n) is 3.22. The summed E-state index contributed by atoms with van der Waals surface area (Å²) in [4.78, 5) is 0. The Morgan fingerprint density at radius 2 is 1.79 bits per heavy atom. The molecule has 0 aliphatic heterocycles. The van der Waals surface area contributed by atoms with Gasteiger partial charge in [0, 0.05) is 6.04 Å². The summed E-state index contributed by atoms with van der Waals surface area (Å²) in [5.74, 6) is 1.13. The molecule has 0 fully saturated rings. The molecule has 1 aromatic carbocycles. The van der Waals surface area contributed by atoms with Crippen LogP contribution in [0, 0.1) is 5.82 Å². The minimum atomic E-state index is -0.158. The van der Waals surface area contributed by atoms with Crippen LogP contribution >= 0.6 is 11.8 Å². The lowest BCUT2D eigenvalue weighted by molar-refractivity contribution is 0.518. The maximum atomic E-state index is 12.8. The van der Waals surface area contributed by atoms with E-state index in [-0.39, 0.29) is 5.82 Å². The summed E-state index contributed by atoms with van der Waals surface area (Å²) in [5.41, 5.74) is 1.20. The first kappa shape index (κ1) is 16.5. The number of halogens is 1. The Hall–Kier alpha value is -0.540. The first-order valence-corrected chi connectivity index (χ1v) is 8.58. The zero-order chi connectivity index (χ0) is 13.9. The molecule has 1 rings (SSSR count). The zero-order valence-electron chi connectivity index (χ0n) is 12.1. The highest BCUT2D eigenvalue weighted by molar-refractivity contribution is 7.98. The third-order valence-corrected chi connectivity index (χ3v) is 3.92. The molecule has 0 saturated heterocycles. The largest absolute Gasteiger partial charge is 0.314 e. The number of nitrogens with one attached hydrogen (secondary N) is 1. The van der Waals surface area contributed by atoms with Crippen LogP contribution in [-0.4, -0.2) is 24.6 Å². The van der Waals surface area contributed by atoms with E-state index < -0.39 is 0 Å². The highest BCUT2D eigenvalue weighted by atomic mass is 32.2. The number of hydrogen-bond acceptors (Lipinski definition) is 2. The van der Waals surface area contributed by atoms with Crippen molar-refractivity contribution in [3.05, 3.63) is 35.6 Å². The van der Waals surface area contributed by atoms with E-state index in [4.69, 9.17) is 0 Å². The van der Waals surface area contributed by atoms with Gasteiger partial charge in [0.25, 0.3) is 0 Å². The van der Waals surface area contributed by atoms with Crippen LogP contribution < -0.4 is 5.32 Å². The topological polar surface area (TPSA) is 12.0 Å². The summed E-state index contributed by atoms with van der Waals surface area (Å²) in [6.07, 6.45) is 8.38. The Labute approximate surface area is 121 Å². The number of hydrogen-bond donors (Lipinski definition) is 1. The third kappa shape index (κ3) is 8.27. The SMILES string of the molecule is CSCCCCCCNC(C)Cc1ccc(F)cc1. The monoisotopic (exact) mass is 283 g/mol. The number of unbranched alkanes of at least 4 members (excludes halogenated alkanes) is 3. The van der Waals surface area contributed by atoms with E-state index >= 15 is 0 Å². The second-order valence-corrected chi connectivity index (χ2v) is 6.08. The lowest BCUT2D eigenvalue weighted by Gasteiger charge is -2.13. The molecule has 0 aromatic heterocycles. The van der Waals surface area contributed by atoms with E-state index in [0.717, 1.165) is 13.0 Å². The van der Waals surface area contributed by atoms with Gasteiger partial charge in [-0.2, -0.15) is 11.8 Å². The van der Waals surface area contributed by atoms with Gasteiger partial charge in [-0.25, -0.2) is 4.39 Å². The van der Waals surface area contributed by atoms with Crippen molar-refractivity contribution < 1.29 is 4.39 Å². The van der Waals surface area contributed by atoms with Gasteiger partial charge in [-0.05, 0) is 62.4 Å². The molecular formula is C16H26FNS. The first-order chi connectivity index (χ1) is 9.22. The number of thioether (sulfide) groups is 1. The molecule has 1 nitrogen and oxygen atoms in total. The van der Waals surface area contributed by atoms with Gasteiger partial charge in [0.2, 0.25) is 0 Å². The molecule has 108 valence electrons. The van der Waals surface area contributed by atoms with Crippen molar-refractivity contribution in [3.63, 3.8) is 0 Å². The van der Waals surface area contributed by atoms with Gasteiger partial charge in [0.1, 0.15) is 5.82 Å². The summed E-state index contributed by atoms with van der Waals surface area (Å²) in [5, 5.41) is 3.54. The lowest BCUT2D eigenvalue weighted by Crippen LogP contribution is -2.28. The summed E-state index contributed by atoms with van der Waals surface area (Å²) in [6.45, 7) is 3.28. The Kier molecular flexibility index (Phi) is 8.93. The van der Waals surface area contributed by atoms with Gasteiger partial charge in [0.05, 0.1) is 0 Å². The molecule has 0 bridgehead atoms. The minimum Gasteiger partial charge on any atom is -0.314 e. The molecule has 0 amide bonds. The van der Waals surface area contributed by atoms with Gasteiger partial charge >= 0.3 is 0 Å². The van der Waals surface area contributed by atoms with Gasteiger partial charge in [-0.15, -0.1) is 0 Å². The summed E-state index contributed by atoms with van der Waals surface area (Å²) >= 11 is 1.93. The zero-order valence-corrected chi connectivity index (χ0v) is 12.9. The van der Waals surface area contributed by atoms with Crippen molar-refractivity contribution in [3.8, 4) is 0 Å². The van der Waals surface area contributed by atoms with E-state index in [9.17, 15) is 4.39 Å². The molecule has 3 heteroatoms. The van der Waals surface area contributed by atoms with Crippen LogP contribution in [0.1, 0.15) is 38.2 Å². The summed E-state index contributed by atoms with van der Waals surface area (Å²) in [6, 6.07) is 7.27. The quantitative estimate of drug-likeness (QED) is 0.644. The van der Waals surface area contributed by atoms with Crippen molar-refractivity contribution in [1.82, 2.24) is 5.32 Å². The van der Waals surface area contributed by atoms with Gasteiger partial charge in [0.15, 0.2) is 0 Å². The summed E-state index contributed by atoms with van der Waals surface area (Å²) < 4.78 is 12.8. The van der Waals surface area contributed by atoms with Crippen LogP contribution in [0.15, 0.2) is 24.3 Å². The summed E-state index contributed by atoms with van der Waals surface area (Å²) in [7, 11) is 0. The van der Waals surface area contributed by atoms with Crippen molar-refractivity contribution in [2.75, 3.05) is 18.6 Å². The fraction of sp³-hybridized carbons (Fsp3) is 0.625. The van der Waals surface area contributed by atoms with Gasteiger partial charge in [-0.1, -0.05) is 25.0 Å². The molecule has 19 heavy (non-hydrogen) atoms. The molecule has 1 unspecified atom stereocenters. The van der Waals surface area contributed by atoms with Crippen LogP contribution in [0.2, 0.25) is 0 Å². The molecule has 0 radical (unpaired) electrons. The average Bonchev–Trinajstić information content (AvgIpc) is 2.40. The maximum Gasteiger partial charge on any atom is 0.123 e. The molecule has 0 heterocycles. The predicted octanol–water partition coefficient (Wildman–Crippen LogP) is 4.27.